The van der Waals surface area contributed by atoms with E-state index in [2.05, 4.69) is 10.3 Å². The maximum Gasteiger partial charge on any atom is 0.245 e. The van der Waals surface area contributed by atoms with Crippen molar-refractivity contribution < 1.29 is 9.59 Å². The Bertz CT molecular complexity index is 459. The van der Waals surface area contributed by atoms with Gasteiger partial charge in [-0.3, -0.25) is 9.59 Å². The standard InChI is InChI=1S/C13H22N4O2S/c1-5-12(19)17(7-6-16(3)4)8-11(18)15-13-14-10(2)9-20-13/h9H,5-8H2,1-4H3,(H,14,15,18). The van der Waals surface area contributed by atoms with Crippen molar-refractivity contribution in [3.05, 3.63) is 11.1 Å². The van der Waals surface area contributed by atoms with E-state index in [0.29, 0.717) is 18.1 Å². The minimum absolute atomic E-state index is 0.0164. The summed E-state index contributed by atoms with van der Waals surface area (Å²) in [6, 6.07) is 0. The summed E-state index contributed by atoms with van der Waals surface area (Å²) < 4.78 is 0. The van der Waals surface area contributed by atoms with Crippen molar-refractivity contribution in [1.29, 1.82) is 0 Å². The van der Waals surface area contributed by atoms with Gasteiger partial charge < -0.3 is 15.1 Å². The van der Waals surface area contributed by atoms with Crippen molar-refractivity contribution in [3.8, 4) is 0 Å². The zero-order chi connectivity index (χ0) is 15.1. The Kier molecular flexibility index (Phi) is 6.60. The molecule has 112 valence electrons. The highest BCUT2D eigenvalue weighted by molar-refractivity contribution is 7.13. The molecule has 0 atom stereocenters. The molecule has 1 N–H and O–H groups in total. The van der Waals surface area contributed by atoms with Crippen LogP contribution in [0, 0.1) is 6.92 Å². The van der Waals surface area contributed by atoms with Gasteiger partial charge in [0.05, 0.1) is 12.2 Å². The summed E-state index contributed by atoms with van der Waals surface area (Å²) in [5.41, 5.74) is 0.874. The third kappa shape index (κ3) is 5.66. The number of nitrogens with zero attached hydrogens (tertiary/aromatic N) is 3. The fraction of sp³-hybridized carbons (Fsp3) is 0.615. The van der Waals surface area contributed by atoms with Gasteiger partial charge in [0.2, 0.25) is 11.8 Å². The van der Waals surface area contributed by atoms with Gasteiger partial charge in [-0.2, -0.15) is 0 Å². The van der Waals surface area contributed by atoms with Crippen LogP contribution < -0.4 is 5.32 Å². The molecule has 0 aromatic carbocycles. The van der Waals surface area contributed by atoms with Gasteiger partial charge in [0.1, 0.15) is 0 Å². The second kappa shape index (κ2) is 7.96. The van der Waals surface area contributed by atoms with E-state index in [1.54, 1.807) is 11.8 Å². The van der Waals surface area contributed by atoms with Gasteiger partial charge in [-0.05, 0) is 21.0 Å². The highest BCUT2D eigenvalue weighted by Crippen LogP contribution is 2.14. The molecule has 0 saturated heterocycles. The first-order chi connectivity index (χ1) is 9.42. The number of hydrogen-bond donors (Lipinski definition) is 1. The average molecular weight is 298 g/mol. The van der Waals surface area contributed by atoms with Crippen molar-refractivity contribution >= 4 is 28.3 Å². The van der Waals surface area contributed by atoms with Crippen molar-refractivity contribution in [1.82, 2.24) is 14.8 Å². The molecular weight excluding hydrogens is 276 g/mol. The van der Waals surface area contributed by atoms with E-state index in [4.69, 9.17) is 0 Å². The number of carbonyl (C=O) groups is 2. The smallest absolute Gasteiger partial charge is 0.245 e. The minimum atomic E-state index is -0.208. The van der Waals surface area contributed by atoms with E-state index >= 15 is 0 Å². The SMILES string of the molecule is CCC(=O)N(CCN(C)C)CC(=O)Nc1nc(C)cs1. The number of carbonyl (C=O) groups excluding carboxylic acids is 2. The molecule has 20 heavy (non-hydrogen) atoms. The van der Waals surface area contributed by atoms with Gasteiger partial charge in [-0.15, -0.1) is 11.3 Å². The molecule has 0 unspecified atom stereocenters. The molecule has 0 aliphatic heterocycles. The Morgan fingerprint density at radius 2 is 2.05 bits per heavy atom. The second-order valence-electron chi connectivity index (χ2n) is 4.81. The summed E-state index contributed by atoms with van der Waals surface area (Å²) in [5, 5.41) is 5.17. The van der Waals surface area contributed by atoms with Crippen LogP contribution in [0.5, 0.6) is 0 Å². The van der Waals surface area contributed by atoms with E-state index in [0.717, 1.165) is 12.2 Å². The summed E-state index contributed by atoms with van der Waals surface area (Å²) >= 11 is 1.38. The van der Waals surface area contributed by atoms with Crippen LogP contribution in [0.4, 0.5) is 5.13 Å². The summed E-state index contributed by atoms with van der Waals surface area (Å²) in [6.07, 6.45) is 0.400. The summed E-state index contributed by atoms with van der Waals surface area (Å²) in [5.74, 6) is -0.225. The lowest BCUT2D eigenvalue weighted by Crippen LogP contribution is -2.41. The van der Waals surface area contributed by atoms with Crippen LogP contribution in [0.2, 0.25) is 0 Å². The molecule has 0 radical (unpaired) electrons. The Hall–Kier alpha value is -1.47. The highest BCUT2D eigenvalue weighted by Gasteiger charge is 2.16. The van der Waals surface area contributed by atoms with Crippen LogP contribution in [-0.4, -0.2) is 60.3 Å². The average Bonchev–Trinajstić information content (AvgIpc) is 2.78. The summed E-state index contributed by atoms with van der Waals surface area (Å²) in [4.78, 5) is 31.5. The van der Waals surface area contributed by atoms with E-state index in [9.17, 15) is 9.59 Å². The number of rotatable bonds is 7. The number of thiazole rings is 1. The predicted octanol–water partition coefficient (Wildman–Crippen LogP) is 1.19. The van der Waals surface area contributed by atoms with Gasteiger partial charge in [0, 0.05) is 24.9 Å². The van der Waals surface area contributed by atoms with E-state index < -0.39 is 0 Å². The van der Waals surface area contributed by atoms with Crippen LogP contribution in [-0.2, 0) is 9.59 Å². The second-order valence-corrected chi connectivity index (χ2v) is 5.67. The number of nitrogens with one attached hydrogen (secondary N) is 1. The predicted molar refractivity (Wildman–Crippen MR) is 80.9 cm³/mol. The zero-order valence-electron chi connectivity index (χ0n) is 12.5. The zero-order valence-corrected chi connectivity index (χ0v) is 13.3. The van der Waals surface area contributed by atoms with Gasteiger partial charge in [-0.25, -0.2) is 4.98 Å². The Morgan fingerprint density at radius 1 is 1.35 bits per heavy atom. The van der Waals surface area contributed by atoms with Crippen LogP contribution in [0.3, 0.4) is 0 Å². The monoisotopic (exact) mass is 298 g/mol. The summed E-state index contributed by atoms with van der Waals surface area (Å²) in [6.45, 7) is 5.02. The van der Waals surface area contributed by atoms with Gasteiger partial charge in [0.25, 0.3) is 0 Å². The quantitative estimate of drug-likeness (QED) is 0.821. The molecule has 0 spiro atoms. The molecule has 7 heteroatoms. The lowest BCUT2D eigenvalue weighted by Gasteiger charge is -2.23. The van der Waals surface area contributed by atoms with E-state index in [-0.39, 0.29) is 18.4 Å². The van der Waals surface area contributed by atoms with Crippen molar-refractivity contribution in [3.63, 3.8) is 0 Å². The van der Waals surface area contributed by atoms with E-state index in [1.165, 1.54) is 11.3 Å². The first-order valence-corrected chi connectivity index (χ1v) is 7.44. The Labute approximate surface area is 123 Å². The van der Waals surface area contributed by atoms with Crippen molar-refractivity contribution in [2.75, 3.05) is 39.0 Å². The van der Waals surface area contributed by atoms with Crippen LogP contribution in [0.25, 0.3) is 0 Å². The van der Waals surface area contributed by atoms with Crippen LogP contribution in [0.15, 0.2) is 5.38 Å². The van der Waals surface area contributed by atoms with Crippen molar-refractivity contribution in [2.45, 2.75) is 20.3 Å². The first kappa shape index (κ1) is 16.6. The Balaban J connectivity index is 2.54. The molecule has 1 rings (SSSR count). The maximum atomic E-state index is 11.9. The molecule has 0 aliphatic carbocycles. The van der Waals surface area contributed by atoms with Gasteiger partial charge in [0.15, 0.2) is 5.13 Å². The Morgan fingerprint density at radius 3 is 2.55 bits per heavy atom. The molecule has 1 aromatic heterocycles. The topological polar surface area (TPSA) is 65.5 Å². The maximum absolute atomic E-state index is 11.9. The molecular formula is C13H22N4O2S. The lowest BCUT2D eigenvalue weighted by atomic mass is 10.3. The molecule has 0 saturated carbocycles. The van der Waals surface area contributed by atoms with Gasteiger partial charge in [-0.1, -0.05) is 6.92 Å². The number of amides is 2. The van der Waals surface area contributed by atoms with E-state index in [1.807, 2.05) is 31.3 Å². The number of aryl methyl sites for hydroxylation is 1. The number of aromatic nitrogens is 1. The molecule has 2 amide bonds. The first-order valence-electron chi connectivity index (χ1n) is 6.56. The number of likely N-dealkylation sites (N-methyl/N-ethyl adjacent to an activating group) is 1. The largest absolute Gasteiger partial charge is 0.332 e. The third-order valence-corrected chi connectivity index (χ3v) is 3.55. The normalized spacial score (nSPS) is 10.7. The fourth-order valence-corrected chi connectivity index (χ4v) is 2.28. The molecule has 0 fully saturated rings. The van der Waals surface area contributed by atoms with Gasteiger partial charge >= 0.3 is 0 Å². The van der Waals surface area contributed by atoms with Crippen LogP contribution >= 0.6 is 11.3 Å². The molecule has 0 bridgehead atoms. The van der Waals surface area contributed by atoms with Crippen LogP contribution in [0.1, 0.15) is 19.0 Å². The molecule has 1 aromatic rings. The molecule has 1 heterocycles. The minimum Gasteiger partial charge on any atom is -0.332 e. The third-order valence-electron chi connectivity index (χ3n) is 2.67. The molecule has 6 nitrogen and oxygen atoms in total. The molecule has 0 aliphatic rings. The highest BCUT2D eigenvalue weighted by atomic mass is 32.1. The van der Waals surface area contributed by atoms with Crippen molar-refractivity contribution in [2.24, 2.45) is 0 Å². The number of anilines is 1. The fourth-order valence-electron chi connectivity index (χ4n) is 1.58. The number of hydrogen-bond acceptors (Lipinski definition) is 5. The lowest BCUT2D eigenvalue weighted by molar-refractivity contribution is -0.134. The summed E-state index contributed by atoms with van der Waals surface area (Å²) in [7, 11) is 3.88.